The standard InChI is InChI=1S/C14H15ClFN3OS/c1-17-12-7-21-6-9(12)14-18-13(19-20-14)5-8-10(15)3-2-4-11(8)16/h2-4,9,12,17H,5-7H2,1H3. The first kappa shape index (κ1) is 14.8. The highest BCUT2D eigenvalue weighted by Crippen LogP contribution is 2.32. The third-order valence-electron chi connectivity index (χ3n) is 3.65. The van der Waals surface area contributed by atoms with Gasteiger partial charge < -0.3 is 9.84 Å². The van der Waals surface area contributed by atoms with Crippen LogP contribution >= 0.6 is 23.4 Å². The summed E-state index contributed by atoms with van der Waals surface area (Å²) >= 11 is 7.88. The lowest BCUT2D eigenvalue weighted by molar-refractivity contribution is 0.340. The van der Waals surface area contributed by atoms with E-state index < -0.39 is 0 Å². The van der Waals surface area contributed by atoms with Crippen LogP contribution in [-0.2, 0) is 6.42 Å². The van der Waals surface area contributed by atoms with Crippen LogP contribution in [-0.4, -0.2) is 34.7 Å². The molecule has 1 aromatic heterocycles. The second-order valence-corrected chi connectivity index (χ2v) is 6.45. The molecule has 112 valence electrons. The molecule has 2 aromatic rings. The number of rotatable bonds is 4. The molecule has 2 heterocycles. The van der Waals surface area contributed by atoms with E-state index >= 15 is 0 Å². The fourth-order valence-electron chi connectivity index (χ4n) is 2.43. The lowest BCUT2D eigenvalue weighted by atomic mass is 10.0. The minimum absolute atomic E-state index is 0.206. The lowest BCUT2D eigenvalue weighted by Crippen LogP contribution is -2.31. The highest BCUT2D eigenvalue weighted by molar-refractivity contribution is 7.99. The van der Waals surface area contributed by atoms with Gasteiger partial charge >= 0.3 is 0 Å². The largest absolute Gasteiger partial charge is 0.339 e. The van der Waals surface area contributed by atoms with Crippen LogP contribution in [0.15, 0.2) is 22.7 Å². The summed E-state index contributed by atoms with van der Waals surface area (Å²) in [6.07, 6.45) is 0.235. The van der Waals surface area contributed by atoms with Gasteiger partial charge in [0.1, 0.15) is 5.82 Å². The van der Waals surface area contributed by atoms with Gasteiger partial charge in [-0.15, -0.1) is 0 Å². The Balaban J connectivity index is 1.79. The first-order valence-electron chi connectivity index (χ1n) is 6.69. The molecule has 0 radical (unpaired) electrons. The molecule has 2 atom stereocenters. The van der Waals surface area contributed by atoms with E-state index in [4.69, 9.17) is 16.1 Å². The van der Waals surface area contributed by atoms with Gasteiger partial charge in [0, 0.05) is 34.6 Å². The summed E-state index contributed by atoms with van der Waals surface area (Å²) in [5, 5.41) is 7.60. The van der Waals surface area contributed by atoms with E-state index in [9.17, 15) is 4.39 Å². The molecule has 1 aliphatic rings. The Morgan fingerprint density at radius 2 is 2.33 bits per heavy atom. The topological polar surface area (TPSA) is 51.0 Å². The van der Waals surface area contributed by atoms with E-state index in [0.717, 1.165) is 11.5 Å². The van der Waals surface area contributed by atoms with E-state index in [1.807, 2.05) is 18.8 Å². The molecule has 1 aliphatic heterocycles. The smallest absolute Gasteiger partial charge is 0.232 e. The summed E-state index contributed by atoms with van der Waals surface area (Å²) in [6.45, 7) is 0. The SMILES string of the molecule is CNC1CSCC1c1nc(Cc2c(F)cccc2Cl)no1. The number of nitrogens with one attached hydrogen (secondary N) is 1. The molecule has 0 bridgehead atoms. The van der Waals surface area contributed by atoms with E-state index in [-0.39, 0.29) is 18.2 Å². The molecular weight excluding hydrogens is 313 g/mol. The van der Waals surface area contributed by atoms with E-state index in [0.29, 0.717) is 28.3 Å². The molecule has 3 rings (SSSR count). The molecule has 0 saturated carbocycles. The highest BCUT2D eigenvalue weighted by atomic mass is 35.5. The van der Waals surface area contributed by atoms with Crippen LogP contribution in [0.4, 0.5) is 4.39 Å². The van der Waals surface area contributed by atoms with Crippen molar-refractivity contribution in [3.05, 3.63) is 46.3 Å². The predicted octanol–water partition coefficient (Wildman–Crippen LogP) is 2.87. The number of benzene rings is 1. The van der Waals surface area contributed by atoms with Gasteiger partial charge in [0.25, 0.3) is 0 Å². The Kier molecular flexibility index (Phi) is 4.47. The number of hydrogen-bond donors (Lipinski definition) is 1. The number of aromatic nitrogens is 2. The Morgan fingerprint density at radius 1 is 1.48 bits per heavy atom. The maximum Gasteiger partial charge on any atom is 0.232 e. The van der Waals surface area contributed by atoms with Gasteiger partial charge in [-0.2, -0.15) is 16.7 Å². The summed E-state index contributed by atoms with van der Waals surface area (Å²) < 4.78 is 19.1. The van der Waals surface area contributed by atoms with Crippen molar-refractivity contribution in [2.75, 3.05) is 18.6 Å². The minimum Gasteiger partial charge on any atom is -0.339 e. The second-order valence-electron chi connectivity index (χ2n) is 4.96. The minimum atomic E-state index is -0.349. The molecule has 21 heavy (non-hydrogen) atoms. The molecule has 1 saturated heterocycles. The summed E-state index contributed by atoms with van der Waals surface area (Å²) in [7, 11) is 1.93. The zero-order valence-electron chi connectivity index (χ0n) is 11.5. The average molecular weight is 328 g/mol. The number of halogens is 2. The van der Waals surface area contributed by atoms with Crippen LogP contribution in [0.2, 0.25) is 5.02 Å². The van der Waals surface area contributed by atoms with Crippen molar-refractivity contribution in [1.29, 1.82) is 0 Å². The molecule has 1 fully saturated rings. The van der Waals surface area contributed by atoms with Gasteiger partial charge in [0.15, 0.2) is 5.82 Å². The Labute approximate surface area is 131 Å². The first-order valence-corrected chi connectivity index (χ1v) is 8.22. The monoisotopic (exact) mass is 327 g/mol. The van der Waals surface area contributed by atoms with Crippen molar-refractivity contribution >= 4 is 23.4 Å². The number of thioether (sulfide) groups is 1. The lowest BCUT2D eigenvalue weighted by Gasteiger charge is -2.13. The van der Waals surface area contributed by atoms with Gasteiger partial charge in [-0.1, -0.05) is 22.8 Å². The van der Waals surface area contributed by atoms with Crippen LogP contribution in [0.3, 0.4) is 0 Å². The molecule has 0 spiro atoms. The van der Waals surface area contributed by atoms with Crippen LogP contribution in [0, 0.1) is 5.82 Å². The van der Waals surface area contributed by atoms with Gasteiger partial charge in [0.2, 0.25) is 5.89 Å². The summed E-state index contributed by atoms with van der Waals surface area (Å²) in [4.78, 5) is 4.41. The maximum atomic E-state index is 13.8. The zero-order chi connectivity index (χ0) is 14.8. The Bertz CT molecular complexity index is 616. The third kappa shape index (κ3) is 3.07. The maximum absolute atomic E-state index is 13.8. The van der Waals surface area contributed by atoms with Gasteiger partial charge in [-0.05, 0) is 19.2 Å². The zero-order valence-corrected chi connectivity index (χ0v) is 13.0. The number of nitrogens with zero attached hydrogens (tertiary/aromatic N) is 2. The second kappa shape index (κ2) is 6.34. The van der Waals surface area contributed by atoms with Crippen molar-refractivity contribution in [3.63, 3.8) is 0 Å². The number of hydrogen-bond acceptors (Lipinski definition) is 5. The molecule has 0 aliphatic carbocycles. The molecule has 1 N–H and O–H groups in total. The molecule has 7 heteroatoms. The highest BCUT2D eigenvalue weighted by Gasteiger charge is 2.32. The predicted molar refractivity (Wildman–Crippen MR) is 81.4 cm³/mol. The number of likely N-dealkylation sites (N-methyl/N-ethyl adjacent to an activating group) is 1. The van der Waals surface area contributed by atoms with Crippen molar-refractivity contribution in [3.8, 4) is 0 Å². The van der Waals surface area contributed by atoms with Crippen LogP contribution in [0.1, 0.15) is 23.2 Å². The normalized spacial score (nSPS) is 21.9. The van der Waals surface area contributed by atoms with E-state index in [1.54, 1.807) is 12.1 Å². The van der Waals surface area contributed by atoms with Gasteiger partial charge in [-0.3, -0.25) is 0 Å². The molecule has 2 unspecified atom stereocenters. The fourth-order valence-corrected chi connectivity index (χ4v) is 4.08. The fraction of sp³-hybridized carbons (Fsp3) is 0.429. The molecule has 4 nitrogen and oxygen atoms in total. The average Bonchev–Trinajstić information content (AvgIpc) is 3.11. The Hall–Kier alpha value is -1.11. The quantitative estimate of drug-likeness (QED) is 0.935. The van der Waals surface area contributed by atoms with Crippen LogP contribution in [0.25, 0.3) is 0 Å². The van der Waals surface area contributed by atoms with Gasteiger partial charge in [-0.25, -0.2) is 4.39 Å². The van der Waals surface area contributed by atoms with Crippen molar-refractivity contribution in [2.45, 2.75) is 18.4 Å². The molecular formula is C14H15ClFN3OS. The Morgan fingerprint density at radius 3 is 3.10 bits per heavy atom. The van der Waals surface area contributed by atoms with E-state index in [1.165, 1.54) is 6.07 Å². The summed E-state index contributed by atoms with van der Waals surface area (Å²) in [5.74, 6) is 2.91. The van der Waals surface area contributed by atoms with Gasteiger partial charge in [0.05, 0.1) is 5.92 Å². The first-order chi connectivity index (χ1) is 10.2. The third-order valence-corrected chi connectivity index (χ3v) is 5.19. The van der Waals surface area contributed by atoms with Crippen molar-refractivity contribution in [1.82, 2.24) is 15.5 Å². The van der Waals surface area contributed by atoms with E-state index in [2.05, 4.69) is 15.5 Å². The summed E-state index contributed by atoms with van der Waals surface area (Å²) in [6, 6.07) is 4.95. The van der Waals surface area contributed by atoms with Crippen molar-refractivity contribution < 1.29 is 8.91 Å². The summed E-state index contributed by atoms with van der Waals surface area (Å²) in [5.41, 5.74) is 0.400. The molecule has 1 aromatic carbocycles. The van der Waals surface area contributed by atoms with Crippen LogP contribution < -0.4 is 5.32 Å². The van der Waals surface area contributed by atoms with Crippen LogP contribution in [0.5, 0.6) is 0 Å². The molecule has 0 amide bonds. The van der Waals surface area contributed by atoms with Crippen molar-refractivity contribution in [2.24, 2.45) is 0 Å².